The van der Waals surface area contributed by atoms with Gasteiger partial charge in [-0.3, -0.25) is 0 Å². The van der Waals surface area contributed by atoms with E-state index in [4.69, 9.17) is 12.2 Å². The van der Waals surface area contributed by atoms with Crippen LogP contribution in [0, 0.1) is 19.7 Å². The number of nitrogens with one attached hydrogen (secondary N) is 2. The molecular weight excluding hydrogens is 363 g/mol. The van der Waals surface area contributed by atoms with Gasteiger partial charge in [0.1, 0.15) is 5.82 Å². The fraction of sp³-hybridized carbons (Fsp3) is 0.235. The van der Waals surface area contributed by atoms with Crippen LogP contribution in [-0.2, 0) is 6.42 Å². The van der Waals surface area contributed by atoms with E-state index in [1.807, 2.05) is 0 Å². The lowest BCUT2D eigenvalue weighted by Gasteiger charge is -2.13. The maximum Gasteiger partial charge on any atom is 0.170 e. The van der Waals surface area contributed by atoms with Crippen LogP contribution in [0.15, 0.2) is 40.9 Å². The fourth-order valence-electron chi connectivity index (χ4n) is 2.19. The summed E-state index contributed by atoms with van der Waals surface area (Å²) in [5, 5.41) is 6.75. The Morgan fingerprint density at radius 3 is 2.64 bits per heavy atom. The second kappa shape index (κ2) is 7.70. The number of halogens is 2. The van der Waals surface area contributed by atoms with Crippen molar-refractivity contribution in [2.75, 3.05) is 11.9 Å². The van der Waals surface area contributed by atoms with Crippen molar-refractivity contribution in [2.45, 2.75) is 20.3 Å². The van der Waals surface area contributed by atoms with Gasteiger partial charge in [-0.25, -0.2) is 4.39 Å². The minimum atomic E-state index is -0.286. The second-order valence-corrected chi connectivity index (χ2v) is 6.45. The molecule has 0 heterocycles. The van der Waals surface area contributed by atoms with Crippen molar-refractivity contribution in [3.63, 3.8) is 0 Å². The lowest BCUT2D eigenvalue weighted by Crippen LogP contribution is -2.30. The summed E-state index contributed by atoms with van der Waals surface area (Å²) in [6.45, 7) is 4.96. The Morgan fingerprint density at radius 2 is 1.95 bits per heavy atom. The molecule has 0 amide bonds. The van der Waals surface area contributed by atoms with Gasteiger partial charge in [-0.2, -0.15) is 0 Å². The van der Waals surface area contributed by atoms with Crippen LogP contribution in [-0.4, -0.2) is 11.7 Å². The van der Waals surface area contributed by atoms with Gasteiger partial charge in [-0.15, -0.1) is 0 Å². The molecule has 0 aliphatic heterocycles. The molecular formula is C17H18BrFN2S. The molecule has 0 atom stereocenters. The van der Waals surface area contributed by atoms with Gasteiger partial charge in [0.2, 0.25) is 0 Å². The van der Waals surface area contributed by atoms with E-state index in [1.165, 1.54) is 28.8 Å². The van der Waals surface area contributed by atoms with Gasteiger partial charge in [-0.1, -0.05) is 23.8 Å². The lowest BCUT2D eigenvalue weighted by molar-refractivity contribution is 0.627. The van der Waals surface area contributed by atoms with Crippen LogP contribution in [0.3, 0.4) is 0 Å². The highest BCUT2D eigenvalue weighted by molar-refractivity contribution is 9.10. The van der Waals surface area contributed by atoms with Crippen molar-refractivity contribution in [1.29, 1.82) is 0 Å². The third-order valence-electron chi connectivity index (χ3n) is 3.36. The van der Waals surface area contributed by atoms with Gasteiger partial charge in [0.05, 0.1) is 5.69 Å². The highest BCUT2D eigenvalue weighted by Gasteiger charge is 2.04. The third kappa shape index (κ3) is 4.78. The lowest BCUT2D eigenvalue weighted by atomic mass is 10.0. The smallest absolute Gasteiger partial charge is 0.170 e. The first kappa shape index (κ1) is 16.9. The van der Waals surface area contributed by atoms with E-state index < -0.39 is 0 Å². The Hall–Kier alpha value is -1.46. The highest BCUT2D eigenvalue weighted by atomic mass is 79.9. The Labute approximate surface area is 144 Å². The van der Waals surface area contributed by atoms with Crippen molar-refractivity contribution < 1.29 is 4.39 Å². The average Bonchev–Trinajstić information content (AvgIpc) is 2.44. The second-order valence-electron chi connectivity index (χ2n) is 5.19. The van der Waals surface area contributed by atoms with Crippen molar-refractivity contribution in [1.82, 2.24) is 5.32 Å². The third-order valence-corrected chi connectivity index (χ3v) is 4.26. The van der Waals surface area contributed by atoms with Crippen molar-refractivity contribution >= 4 is 38.9 Å². The SMILES string of the molecule is Cc1ccc(CCNC(=S)Nc2ccc(F)cc2Br)c(C)c1. The van der Waals surface area contributed by atoms with Crippen LogP contribution in [0.25, 0.3) is 0 Å². The first-order chi connectivity index (χ1) is 10.5. The summed E-state index contributed by atoms with van der Waals surface area (Å²) < 4.78 is 13.7. The maximum atomic E-state index is 13.0. The molecule has 116 valence electrons. The maximum absolute atomic E-state index is 13.0. The van der Waals surface area contributed by atoms with E-state index in [2.05, 4.69) is 58.6 Å². The van der Waals surface area contributed by atoms with E-state index in [1.54, 1.807) is 6.07 Å². The zero-order valence-corrected chi connectivity index (χ0v) is 14.9. The zero-order valence-electron chi connectivity index (χ0n) is 12.5. The number of anilines is 1. The molecule has 0 aliphatic rings. The molecule has 0 bridgehead atoms. The van der Waals surface area contributed by atoms with Gasteiger partial charge in [0, 0.05) is 11.0 Å². The molecule has 0 aromatic heterocycles. The summed E-state index contributed by atoms with van der Waals surface area (Å²) >= 11 is 8.57. The molecule has 5 heteroatoms. The number of hydrogen-bond donors (Lipinski definition) is 2. The van der Waals surface area contributed by atoms with Gasteiger partial charge in [0.25, 0.3) is 0 Å². The van der Waals surface area contributed by atoms with Crippen LogP contribution in [0.2, 0.25) is 0 Å². The molecule has 0 saturated carbocycles. The summed E-state index contributed by atoms with van der Waals surface area (Å²) in [4.78, 5) is 0. The van der Waals surface area contributed by atoms with Crippen molar-refractivity contribution in [3.05, 3.63) is 63.4 Å². The molecule has 22 heavy (non-hydrogen) atoms. The van der Waals surface area contributed by atoms with Crippen LogP contribution in [0.1, 0.15) is 16.7 Å². The van der Waals surface area contributed by atoms with Crippen LogP contribution in [0.5, 0.6) is 0 Å². The molecule has 0 saturated heterocycles. The molecule has 2 rings (SSSR count). The Balaban J connectivity index is 1.85. The van der Waals surface area contributed by atoms with E-state index in [0.29, 0.717) is 9.59 Å². The number of hydrogen-bond acceptors (Lipinski definition) is 1. The average molecular weight is 381 g/mol. The van der Waals surface area contributed by atoms with Crippen LogP contribution in [0.4, 0.5) is 10.1 Å². The molecule has 0 unspecified atom stereocenters. The minimum absolute atomic E-state index is 0.286. The minimum Gasteiger partial charge on any atom is -0.362 e. The first-order valence-corrected chi connectivity index (χ1v) is 8.22. The van der Waals surface area contributed by atoms with E-state index in [9.17, 15) is 4.39 Å². The van der Waals surface area contributed by atoms with Crippen molar-refractivity contribution in [3.8, 4) is 0 Å². The summed E-state index contributed by atoms with van der Waals surface area (Å²) in [5.41, 5.74) is 4.61. The predicted molar refractivity (Wildman–Crippen MR) is 97.9 cm³/mol. The molecule has 0 fully saturated rings. The highest BCUT2D eigenvalue weighted by Crippen LogP contribution is 2.22. The molecule has 0 spiro atoms. The topological polar surface area (TPSA) is 24.1 Å². The van der Waals surface area contributed by atoms with E-state index in [-0.39, 0.29) is 5.82 Å². The summed E-state index contributed by atoms with van der Waals surface area (Å²) in [5.74, 6) is -0.286. The molecule has 2 N–H and O–H groups in total. The normalized spacial score (nSPS) is 10.4. The number of aryl methyl sites for hydroxylation is 2. The Kier molecular flexibility index (Phi) is 5.91. The quantitative estimate of drug-likeness (QED) is 0.749. The number of thiocarbonyl (C=S) groups is 1. The Morgan fingerprint density at radius 1 is 1.18 bits per heavy atom. The molecule has 2 aromatic carbocycles. The predicted octanol–water partition coefficient (Wildman–Crippen LogP) is 4.73. The monoisotopic (exact) mass is 380 g/mol. The van der Waals surface area contributed by atoms with Crippen LogP contribution >= 0.6 is 28.1 Å². The zero-order chi connectivity index (χ0) is 16.1. The summed E-state index contributed by atoms with van der Waals surface area (Å²) in [6, 6.07) is 10.9. The fourth-order valence-corrected chi connectivity index (χ4v) is 2.86. The van der Waals surface area contributed by atoms with Crippen LogP contribution < -0.4 is 10.6 Å². The van der Waals surface area contributed by atoms with Gasteiger partial charge in [-0.05, 0) is 77.7 Å². The molecule has 0 aliphatic carbocycles. The van der Waals surface area contributed by atoms with Gasteiger partial charge in [0.15, 0.2) is 5.11 Å². The number of rotatable bonds is 4. The number of benzene rings is 2. The van der Waals surface area contributed by atoms with Gasteiger partial charge >= 0.3 is 0 Å². The van der Waals surface area contributed by atoms with E-state index >= 15 is 0 Å². The standard InChI is InChI=1S/C17H18BrFN2S/c1-11-3-4-13(12(2)9-11)7-8-20-17(22)21-16-6-5-14(19)10-15(16)18/h3-6,9-10H,7-8H2,1-2H3,(H2,20,21,22). The van der Waals surface area contributed by atoms with E-state index in [0.717, 1.165) is 18.7 Å². The first-order valence-electron chi connectivity index (χ1n) is 7.02. The van der Waals surface area contributed by atoms with Gasteiger partial charge < -0.3 is 10.6 Å². The summed E-state index contributed by atoms with van der Waals surface area (Å²) in [7, 11) is 0. The summed E-state index contributed by atoms with van der Waals surface area (Å²) in [6.07, 6.45) is 0.901. The molecule has 2 aromatic rings. The Bertz CT molecular complexity index is 688. The molecule has 2 nitrogen and oxygen atoms in total. The largest absolute Gasteiger partial charge is 0.362 e. The molecule has 0 radical (unpaired) electrons. The van der Waals surface area contributed by atoms with Crippen molar-refractivity contribution in [2.24, 2.45) is 0 Å².